The van der Waals surface area contributed by atoms with Crippen LogP contribution in [0.2, 0.25) is 0 Å². The molecular formula is C13H28N2. The molecule has 0 amide bonds. The molecule has 0 N–H and O–H groups in total. The predicted molar refractivity (Wildman–Crippen MR) is 66.7 cm³/mol. The van der Waals surface area contributed by atoms with Crippen LogP contribution < -0.4 is 0 Å². The van der Waals surface area contributed by atoms with E-state index in [0.717, 1.165) is 5.92 Å². The summed E-state index contributed by atoms with van der Waals surface area (Å²) in [4.78, 5) is 0. The third-order valence-corrected chi connectivity index (χ3v) is 3.46. The molecule has 0 saturated carbocycles. The van der Waals surface area contributed by atoms with E-state index in [2.05, 4.69) is 51.6 Å². The Hall–Kier alpha value is -0.0800. The van der Waals surface area contributed by atoms with Gasteiger partial charge in [-0.15, -0.1) is 0 Å². The van der Waals surface area contributed by atoms with Crippen molar-refractivity contribution in [2.45, 2.75) is 72.5 Å². The van der Waals surface area contributed by atoms with Gasteiger partial charge in [-0.3, -0.25) is 0 Å². The zero-order chi connectivity index (χ0) is 11.6. The first-order valence-corrected chi connectivity index (χ1v) is 6.48. The van der Waals surface area contributed by atoms with Crippen LogP contribution in [0.15, 0.2) is 0 Å². The average molecular weight is 212 g/mol. The maximum Gasteiger partial charge on any atom is 0.0220 e. The van der Waals surface area contributed by atoms with Crippen molar-refractivity contribution in [1.29, 1.82) is 0 Å². The molecule has 90 valence electrons. The molecule has 0 bridgehead atoms. The molecule has 1 heterocycles. The quantitative estimate of drug-likeness (QED) is 0.709. The lowest BCUT2D eigenvalue weighted by Gasteiger charge is -2.47. The lowest BCUT2D eigenvalue weighted by molar-refractivity contribution is -0.121. The molecular weight excluding hydrogens is 184 g/mol. The van der Waals surface area contributed by atoms with Gasteiger partial charge in [0.05, 0.1) is 0 Å². The van der Waals surface area contributed by atoms with Gasteiger partial charge in [0.2, 0.25) is 0 Å². The van der Waals surface area contributed by atoms with Crippen LogP contribution in [0.1, 0.15) is 54.4 Å². The molecule has 15 heavy (non-hydrogen) atoms. The second kappa shape index (κ2) is 5.31. The summed E-state index contributed by atoms with van der Waals surface area (Å²) in [5.74, 6) is 0.900. The molecule has 1 fully saturated rings. The molecule has 0 aromatic rings. The Morgan fingerprint density at radius 2 is 1.60 bits per heavy atom. The van der Waals surface area contributed by atoms with Crippen LogP contribution in [0.5, 0.6) is 0 Å². The van der Waals surface area contributed by atoms with Gasteiger partial charge < -0.3 is 0 Å². The molecule has 1 aliphatic rings. The fraction of sp³-hybridized carbons (Fsp3) is 1.00. The van der Waals surface area contributed by atoms with Crippen molar-refractivity contribution in [2.24, 2.45) is 5.92 Å². The van der Waals surface area contributed by atoms with E-state index in [9.17, 15) is 0 Å². The highest BCUT2D eigenvalue weighted by molar-refractivity contribution is 4.78. The maximum absolute atomic E-state index is 2.59. The minimum absolute atomic E-state index is 0.612. The summed E-state index contributed by atoms with van der Waals surface area (Å²) >= 11 is 0. The topological polar surface area (TPSA) is 6.48 Å². The lowest BCUT2D eigenvalue weighted by atomic mass is 9.94. The van der Waals surface area contributed by atoms with Crippen molar-refractivity contribution in [3.8, 4) is 0 Å². The van der Waals surface area contributed by atoms with Gasteiger partial charge in [-0.1, -0.05) is 6.92 Å². The van der Waals surface area contributed by atoms with Gasteiger partial charge in [0.15, 0.2) is 0 Å². The molecule has 0 aliphatic carbocycles. The maximum atomic E-state index is 2.59. The summed E-state index contributed by atoms with van der Waals surface area (Å²) < 4.78 is 0. The van der Waals surface area contributed by atoms with Crippen LogP contribution in [0.4, 0.5) is 0 Å². The summed E-state index contributed by atoms with van der Waals surface area (Å²) in [7, 11) is 0. The van der Waals surface area contributed by atoms with E-state index in [-0.39, 0.29) is 0 Å². The Labute approximate surface area is 95.6 Å². The Morgan fingerprint density at radius 1 is 1.07 bits per heavy atom. The number of piperidine rings is 1. The van der Waals surface area contributed by atoms with Crippen molar-refractivity contribution >= 4 is 0 Å². The van der Waals surface area contributed by atoms with E-state index < -0.39 is 0 Å². The Morgan fingerprint density at radius 3 is 2.00 bits per heavy atom. The fourth-order valence-electron chi connectivity index (χ4n) is 2.93. The number of hydrazine groups is 1. The Bertz CT molecular complexity index is 181. The Kier molecular flexibility index (Phi) is 4.60. The van der Waals surface area contributed by atoms with E-state index in [1.54, 1.807) is 0 Å². The highest BCUT2D eigenvalue weighted by Crippen LogP contribution is 2.25. The summed E-state index contributed by atoms with van der Waals surface area (Å²) in [6, 6.07) is 1.93. The molecule has 1 aliphatic heterocycles. The van der Waals surface area contributed by atoms with Crippen molar-refractivity contribution < 1.29 is 0 Å². The van der Waals surface area contributed by atoms with E-state index >= 15 is 0 Å². The zero-order valence-corrected chi connectivity index (χ0v) is 11.3. The van der Waals surface area contributed by atoms with Crippen LogP contribution >= 0.6 is 0 Å². The van der Waals surface area contributed by atoms with Gasteiger partial charge in [-0.05, 0) is 53.4 Å². The first kappa shape index (κ1) is 13.0. The van der Waals surface area contributed by atoms with Gasteiger partial charge in [-0.2, -0.15) is 0 Å². The molecule has 1 rings (SSSR count). The number of rotatable bonds is 3. The molecule has 2 nitrogen and oxygen atoms in total. The standard InChI is InChI=1S/C13H28N2/c1-10(2)15(11(3)4)14-8-7-12(5)9-13(14)6/h10-13H,7-9H2,1-6H3. The number of nitrogens with zero attached hydrogens (tertiary/aromatic N) is 2. The van der Waals surface area contributed by atoms with Crippen molar-refractivity contribution in [2.75, 3.05) is 6.54 Å². The third-order valence-electron chi connectivity index (χ3n) is 3.46. The molecule has 0 aromatic heterocycles. The van der Waals surface area contributed by atoms with Crippen molar-refractivity contribution in [3.63, 3.8) is 0 Å². The molecule has 2 heteroatoms. The summed E-state index contributed by atoms with van der Waals surface area (Å²) in [5.41, 5.74) is 0. The van der Waals surface area contributed by atoms with Gasteiger partial charge >= 0.3 is 0 Å². The van der Waals surface area contributed by atoms with Crippen LogP contribution in [-0.2, 0) is 0 Å². The Balaban J connectivity index is 2.67. The van der Waals surface area contributed by atoms with Crippen LogP contribution in [0.3, 0.4) is 0 Å². The molecule has 1 saturated heterocycles. The minimum Gasteiger partial charge on any atom is -0.238 e. The van der Waals surface area contributed by atoms with Crippen LogP contribution in [-0.4, -0.2) is 34.7 Å². The highest BCUT2D eigenvalue weighted by Gasteiger charge is 2.29. The molecule has 0 aromatic carbocycles. The SMILES string of the molecule is CC1CCN(N(C(C)C)C(C)C)C(C)C1. The summed E-state index contributed by atoms with van der Waals surface area (Å²) in [5, 5.41) is 5.14. The lowest BCUT2D eigenvalue weighted by Crippen LogP contribution is -2.56. The van der Waals surface area contributed by atoms with E-state index in [0.29, 0.717) is 18.1 Å². The predicted octanol–water partition coefficient (Wildman–Crippen LogP) is 3.14. The largest absolute Gasteiger partial charge is 0.238 e. The third kappa shape index (κ3) is 3.18. The van der Waals surface area contributed by atoms with Crippen LogP contribution in [0.25, 0.3) is 0 Å². The van der Waals surface area contributed by atoms with Gasteiger partial charge in [-0.25, -0.2) is 10.0 Å². The second-order valence-corrected chi connectivity index (χ2v) is 5.71. The van der Waals surface area contributed by atoms with E-state index in [1.807, 2.05) is 0 Å². The molecule has 2 atom stereocenters. The van der Waals surface area contributed by atoms with Gasteiger partial charge in [0.1, 0.15) is 0 Å². The molecule has 2 unspecified atom stereocenters. The minimum atomic E-state index is 0.612. The first-order chi connectivity index (χ1) is 6.93. The van der Waals surface area contributed by atoms with Crippen molar-refractivity contribution in [1.82, 2.24) is 10.0 Å². The van der Waals surface area contributed by atoms with Crippen molar-refractivity contribution in [3.05, 3.63) is 0 Å². The summed E-state index contributed by atoms with van der Waals surface area (Å²) in [6.45, 7) is 15.2. The fourth-order valence-corrected chi connectivity index (χ4v) is 2.93. The van der Waals surface area contributed by atoms with Gasteiger partial charge in [0, 0.05) is 24.7 Å². The van der Waals surface area contributed by atoms with E-state index in [1.165, 1.54) is 19.4 Å². The first-order valence-electron chi connectivity index (χ1n) is 6.48. The zero-order valence-electron chi connectivity index (χ0n) is 11.3. The normalized spacial score (nSPS) is 29.4. The number of hydrogen-bond acceptors (Lipinski definition) is 2. The highest BCUT2D eigenvalue weighted by atomic mass is 15.7. The van der Waals surface area contributed by atoms with Gasteiger partial charge in [0.25, 0.3) is 0 Å². The molecule has 0 spiro atoms. The smallest absolute Gasteiger partial charge is 0.0220 e. The summed E-state index contributed by atoms with van der Waals surface area (Å²) in [6.07, 6.45) is 2.69. The number of hydrogen-bond donors (Lipinski definition) is 0. The van der Waals surface area contributed by atoms with Crippen LogP contribution in [0, 0.1) is 5.92 Å². The van der Waals surface area contributed by atoms with E-state index in [4.69, 9.17) is 0 Å². The molecule has 0 radical (unpaired) electrons. The monoisotopic (exact) mass is 212 g/mol. The average Bonchev–Trinajstić information content (AvgIpc) is 2.08. The second-order valence-electron chi connectivity index (χ2n) is 5.71.